The lowest BCUT2D eigenvalue weighted by atomic mass is 9.83. The number of hydrogen-bond acceptors (Lipinski definition) is 32. The minimum atomic E-state index is -2.09. The van der Waals surface area contributed by atoms with Gasteiger partial charge >= 0.3 is 71.6 Å². The van der Waals surface area contributed by atoms with Gasteiger partial charge in [0.25, 0.3) is 0 Å². The molecule has 0 saturated carbocycles. The SMILES string of the molecule is C=CC(=O)OCC1OC(COC(=O)C=C)(CC2OC(COC(=O)C=C)C(OC(=O)C=C)C(O)C2OC(=O)C=C)C(OC(=O)C=C)C1O.C=CC(=O)OCC1OC(COC(=O)C=C)(CC2OC(COC(=O)C=C)C(OC(=O)C=C)C(O)C2OC(=O)C=C)C(OC(=O)C=C)C1O. The van der Waals surface area contributed by atoms with Gasteiger partial charge in [0.15, 0.2) is 36.6 Å². The molecule has 0 spiro atoms. The zero-order chi connectivity index (χ0) is 70.6. The van der Waals surface area contributed by atoms with Crippen LogP contribution in [0.2, 0.25) is 0 Å². The van der Waals surface area contributed by atoms with Gasteiger partial charge in [0.2, 0.25) is 0 Å². The molecule has 32 nitrogen and oxygen atoms in total. The molecule has 4 fully saturated rings. The summed E-state index contributed by atoms with van der Waals surface area (Å²) in [5.74, 6) is -11.8. The lowest BCUT2D eigenvalue weighted by Crippen LogP contribution is -2.63. The highest BCUT2D eigenvalue weighted by Gasteiger charge is 2.64. The van der Waals surface area contributed by atoms with Gasteiger partial charge < -0.3 is 96.2 Å². The van der Waals surface area contributed by atoms with E-state index in [-0.39, 0.29) is 0 Å². The molecule has 18 unspecified atom stereocenters. The Morgan fingerprint density at radius 2 is 0.500 bits per heavy atom. The van der Waals surface area contributed by atoms with Crippen molar-refractivity contribution in [2.24, 2.45) is 0 Å². The van der Waals surface area contributed by atoms with E-state index in [1.165, 1.54) is 0 Å². The van der Waals surface area contributed by atoms with E-state index in [0.717, 1.165) is 72.9 Å². The number of carbonyl (C=O) groups is 12. The average molecular weight is 1330 g/mol. The van der Waals surface area contributed by atoms with Crippen molar-refractivity contribution in [2.45, 2.75) is 122 Å². The van der Waals surface area contributed by atoms with E-state index in [2.05, 4.69) is 78.9 Å². The molecule has 512 valence electrons. The Hall–Kier alpha value is -9.80. The number of carbonyl (C=O) groups excluding carboxylic acids is 12. The van der Waals surface area contributed by atoms with Crippen molar-refractivity contribution < 1.29 is 154 Å². The van der Waals surface area contributed by atoms with Crippen LogP contribution in [0.3, 0.4) is 0 Å². The molecule has 0 aromatic heterocycles. The lowest BCUT2D eigenvalue weighted by Gasteiger charge is -2.46. The smallest absolute Gasteiger partial charge is 0.330 e. The van der Waals surface area contributed by atoms with Gasteiger partial charge in [-0.1, -0.05) is 78.9 Å². The second kappa shape index (κ2) is 37.6. The summed E-state index contributed by atoms with van der Waals surface area (Å²) in [7, 11) is 0. The number of esters is 12. The third-order valence-corrected chi connectivity index (χ3v) is 13.8. The van der Waals surface area contributed by atoms with Gasteiger partial charge in [-0.2, -0.15) is 0 Å². The molecule has 4 aliphatic heterocycles. The Kier molecular flexibility index (Phi) is 31.4. The van der Waals surface area contributed by atoms with Crippen molar-refractivity contribution >= 4 is 71.6 Å². The molecule has 32 heteroatoms. The first-order valence-corrected chi connectivity index (χ1v) is 27.7. The fraction of sp³-hybridized carbons (Fsp3) is 0.419. The van der Waals surface area contributed by atoms with Gasteiger partial charge in [0, 0.05) is 85.8 Å². The molecule has 4 aliphatic rings. The van der Waals surface area contributed by atoms with Gasteiger partial charge in [-0.3, -0.25) is 0 Å². The van der Waals surface area contributed by atoms with Crippen LogP contribution in [0, 0.1) is 0 Å². The van der Waals surface area contributed by atoms with Crippen molar-refractivity contribution in [1.82, 2.24) is 0 Å². The van der Waals surface area contributed by atoms with Crippen molar-refractivity contribution in [1.29, 1.82) is 0 Å². The van der Waals surface area contributed by atoms with E-state index in [9.17, 15) is 78.0 Å². The van der Waals surface area contributed by atoms with Crippen molar-refractivity contribution in [2.75, 3.05) is 39.6 Å². The Labute approximate surface area is 537 Å². The molecule has 94 heavy (non-hydrogen) atoms. The van der Waals surface area contributed by atoms with Crippen LogP contribution in [-0.4, -0.2) is 241 Å². The summed E-state index contributed by atoms with van der Waals surface area (Å²) in [5, 5.41) is 45.3. The Morgan fingerprint density at radius 3 is 0.745 bits per heavy atom. The number of aliphatic hydroxyl groups is 4. The van der Waals surface area contributed by atoms with Gasteiger partial charge in [0.1, 0.15) is 112 Å². The molecular formula is C62H72O32. The zero-order valence-electron chi connectivity index (χ0n) is 50.5. The van der Waals surface area contributed by atoms with E-state index in [4.69, 9.17) is 75.8 Å². The maximum atomic E-state index is 12.4. The molecule has 4 saturated heterocycles. The predicted molar refractivity (Wildman–Crippen MR) is 313 cm³/mol. The van der Waals surface area contributed by atoms with E-state index >= 15 is 0 Å². The number of ether oxygens (including phenoxy) is 16. The van der Waals surface area contributed by atoms with Crippen LogP contribution in [-0.2, 0) is 133 Å². The Bertz CT molecular complexity index is 2730. The predicted octanol–water partition coefficient (Wildman–Crippen LogP) is -1.03. The zero-order valence-corrected chi connectivity index (χ0v) is 50.5. The molecule has 0 amide bonds. The quantitative estimate of drug-likeness (QED) is 0.0340. The van der Waals surface area contributed by atoms with Crippen molar-refractivity contribution in [3.05, 3.63) is 152 Å². The summed E-state index contributed by atoms with van der Waals surface area (Å²) >= 11 is 0. The van der Waals surface area contributed by atoms with Gasteiger partial charge in [-0.15, -0.1) is 0 Å². The fourth-order valence-corrected chi connectivity index (χ4v) is 9.53. The molecule has 4 rings (SSSR count). The maximum Gasteiger partial charge on any atom is 0.330 e. The van der Waals surface area contributed by atoms with Crippen LogP contribution in [0.1, 0.15) is 12.8 Å². The summed E-state index contributed by atoms with van der Waals surface area (Å²) in [6.07, 6.45) is -17.7. The van der Waals surface area contributed by atoms with Gasteiger partial charge in [0.05, 0.1) is 0 Å². The number of aliphatic hydroxyl groups excluding tert-OH is 4. The van der Waals surface area contributed by atoms with Crippen LogP contribution in [0.4, 0.5) is 0 Å². The standard InChI is InChI=1S/2C31H36O16/c2*1-7-20(32)40-14-18-26(38)30(46-25(37)12-6)31(47-18,16-42-22(34)9-3)13-17-28(44-23(35)10-4)27(39)29(45-24(36)11-5)19(43-17)15-41-21(33)8-2/h2*7-12,17-19,26-30,38-39H,1-6,13-16H2. The Morgan fingerprint density at radius 1 is 0.287 bits per heavy atom. The lowest BCUT2D eigenvalue weighted by molar-refractivity contribution is -0.259. The van der Waals surface area contributed by atoms with Crippen LogP contribution in [0.5, 0.6) is 0 Å². The Balaban J connectivity index is 0.000000490. The molecule has 0 radical (unpaired) electrons. The first-order valence-electron chi connectivity index (χ1n) is 27.7. The first kappa shape index (κ1) is 78.4. The summed E-state index contributed by atoms with van der Waals surface area (Å²) in [5.41, 5.74) is -4.17. The monoisotopic (exact) mass is 1330 g/mol. The van der Waals surface area contributed by atoms with Crippen molar-refractivity contribution in [3.8, 4) is 0 Å². The normalized spacial score (nSPS) is 29.5. The van der Waals surface area contributed by atoms with Crippen LogP contribution < -0.4 is 0 Å². The van der Waals surface area contributed by atoms with Crippen LogP contribution in [0.15, 0.2) is 152 Å². The second-order valence-corrected chi connectivity index (χ2v) is 19.7. The molecule has 0 aromatic carbocycles. The van der Waals surface area contributed by atoms with E-state index in [0.29, 0.717) is 0 Å². The average Bonchev–Trinajstić information content (AvgIpc) is 1.53. The summed E-state index contributed by atoms with van der Waals surface area (Å²) < 4.78 is 87.0. The largest absolute Gasteiger partial charge is 0.460 e. The summed E-state index contributed by atoms with van der Waals surface area (Å²) in [6.45, 7) is 35.6. The van der Waals surface area contributed by atoms with Crippen LogP contribution in [0.25, 0.3) is 0 Å². The molecule has 4 heterocycles. The van der Waals surface area contributed by atoms with E-state index in [1.807, 2.05) is 0 Å². The number of rotatable bonds is 34. The van der Waals surface area contributed by atoms with Gasteiger partial charge in [-0.05, 0) is 0 Å². The number of hydrogen-bond donors (Lipinski definition) is 4. The first-order chi connectivity index (χ1) is 44.6. The highest BCUT2D eigenvalue weighted by Crippen LogP contribution is 2.44. The minimum Gasteiger partial charge on any atom is -0.460 e. The highest BCUT2D eigenvalue weighted by molar-refractivity contribution is 5.85. The van der Waals surface area contributed by atoms with E-state index < -0.39 is 233 Å². The summed E-state index contributed by atoms with van der Waals surface area (Å²) in [6, 6.07) is 0. The minimum absolute atomic E-state index is 0.603. The molecule has 18 atom stereocenters. The second-order valence-electron chi connectivity index (χ2n) is 19.7. The van der Waals surface area contributed by atoms with Crippen LogP contribution >= 0.6 is 0 Å². The molecule has 4 N–H and O–H groups in total. The van der Waals surface area contributed by atoms with E-state index in [1.54, 1.807) is 0 Å². The molecule has 0 bridgehead atoms. The molecule has 0 aromatic rings. The third-order valence-electron chi connectivity index (χ3n) is 13.8. The maximum absolute atomic E-state index is 12.4. The van der Waals surface area contributed by atoms with Crippen molar-refractivity contribution in [3.63, 3.8) is 0 Å². The third kappa shape index (κ3) is 21.7. The van der Waals surface area contributed by atoms with Gasteiger partial charge in [-0.25, -0.2) is 57.5 Å². The summed E-state index contributed by atoms with van der Waals surface area (Å²) in [4.78, 5) is 146. The molecule has 0 aliphatic carbocycles. The molecular weight excluding hydrogens is 1260 g/mol. The highest BCUT2D eigenvalue weighted by atomic mass is 16.7. The fourth-order valence-electron chi connectivity index (χ4n) is 9.53. The topological polar surface area (TPSA) is 433 Å².